The van der Waals surface area contributed by atoms with Gasteiger partial charge in [-0.05, 0) is 36.2 Å². The molecule has 0 aliphatic rings. The van der Waals surface area contributed by atoms with E-state index in [1.165, 1.54) is 5.56 Å². The molecule has 0 bridgehead atoms. The molecular formula is C22H20N2S2. The maximum absolute atomic E-state index is 5.71. The highest BCUT2D eigenvalue weighted by Gasteiger charge is 2.21. The normalized spacial score (nSPS) is 10.3. The molecule has 2 N–H and O–H groups in total. The highest BCUT2D eigenvalue weighted by molar-refractivity contribution is 7.82. The molecule has 4 heteroatoms. The zero-order valence-corrected chi connectivity index (χ0v) is 15.9. The molecule has 0 atom stereocenters. The van der Waals surface area contributed by atoms with E-state index in [1.54, 1.807) is 0 Å². The van der Waals surface area contributed by atoms with Crippen LogP contribution in [0.2, 0.25) is 0 Å². The lowest BCUT2D eigenvalue weighted by Gasteiger charge is -2.22. The van der Waals surface area contributed by atoms with Gasteiger partial charge in [0.05, 0.1) is 15.9 Å². The number of benzene rings is 3. The fourth-order valence-corrected chi connectivity index (χ4v) is 3.37. The maximum atomic E-state index is 5.71. The molecule has 0 radical (unpaired) electrons. The number of nitrogens with one attached hydrogen (secondary N) is 2. The van der Waals surface area contributed by atoms with E-state index in [9.17, 15) is 0 Å². The van der Waals surface area contributed by atoms with Gasteiger partial charge in [0.1, 0.15) is 0 Å². The number of para-hydroxylation sites is 2. The summed E-state index contributed by atoms with van der Waals surface area (Å²) in [7, 11) is 0. The molecule has 0 saturated heterocycles. The standard InChI is InChI=1S/C22H20N2S2/c25-21(23-18-12-6-2-7-13-18)20(16-17-10-4-1-5-11-17)22(26)24-19-14-8-3-9-15-19/h1-15,20H,16H2,(H,23,25)(H,24,26). The first-order chi connectivity index (χ1) is 12.7. The smallest absolute Gasteiger partial charge is 0.0900 e. The summed E-state index contributed by atoms with van der Waals surface area (Å²) in [4.78, 5) is 1.43. The zero-order valence-electron chi connectivity index (χ0n) is 14.3. The van der Waals surface area contributed by atoms with E-state index in [1.807, 2.05) is 78.9 Å². The summed E-state index contributed by atoms with van der Waals surface area (Å²) in [6.07, 6.45) is 0.748. The van der Waals surface area contributed by atoms with Gasteiger partial charge in [0.25, 0.3) is 0 Å². The quantitative estimate of drug-likeness (QED) is 0.537. The van der Waals surface area contributed by atoms with Gasteiger partial charge in [0, 0.05) is 11.4 Å². The van der Waals surface area contributed by atoms with Gasteiger partial charge < -0.3 is 10.6 Å². The van der Waals surface area contributed by atoms with Gasteiger partial charge in [-0.3, -0.25) is 0 Å². The fourth-order valence-electron chi connectivity index (χ4n) is 2.66. The minimum atomic E-state index is -0.0946. The van der Waals surface area contributed by atoms with Crippen LogP contribution in [0.25, 0.3) is 0 Å². The van der Waals surface area contributed by atoms with Gasteiger partial charge in [-0.15, -0.1) is 0 Å². The van der Waals surface area contributed by atoms with Crippen LogP contribution in [0.3, 0.4) is 0 Å². The molecule has 0 spiro atoms. The lowest BCUT2D eigenvalue weighted by atomic mass is 9.98. The lowest BCUT2D eigenvalue weighted by Crippen LogP contribution is -2.33. The molecule has 3 aromatic carbocycles. The minimum absolute atomic E-state index is 0.0946. The molecule has 0 aliphatic heterocycles. The highest BCUT2D eigenvalue weighted by Crippen LogP contribution is 2.18. The number of thiocarbonyl (C=S) groups is 2. The van der Waals surface area contributed by atoms with Crippen molar-refractivity contribution < 1.29 is 0 Å². The monoisotopic (exact) mass is 376 g/mol. The van der Waals surface area contributed by atoms with Crippen LogP contribution in [-0.2, 0) is 6.42 Å². The second kappa shape index (κ2) is 9.22. The van der Waals surface area contributed by atoms with E-state index >= 15 is 0 Å². The molecule has 3 rings (SSSR count). The molecule has 0 fully saturated rings. The molecule has 0 heterocycles. The number of anilines is 2. The number of rotatable bonds is 6. The Morgan fingerprint density at radius 1 is 0.615 bits per heavy atom. The van der Waals surface area contributed by atoms with Gasteiger partial charge in [0.15, 0.2) is 0 Å². The van der Waals surface area contributed by atoms with Crippen molar-refractivity contribution in [3.63, 3.8) is 0 Å². The molecule has 130 valence electrons. The summed E-state index contributed by atoms with van der Waals surface area (Å²) in [5.74, 6) is -0.0946. The summed E-state index contributed by atoms with van der Waals surface area (Å²) in [6.45, 7) is 0. The molecule has 0 unspecified atom stereocenters. The Balaban J connectivity index is 1.78. The predicted molar refractivity (Wildman–Crippen MR) is 119 cm³/mol. The van der Waals surface area contributed by atoms with Crippen LogP contribution in [-0.4, -0.2) is 9.98 Å². The Bertz CT molecular complexity index is 796. The van der Waals surface area contributed by atoms with Crippen LogP contribution in [0.4, 0.5) is 11.4 Å². The van der Waals surface area contributed by atoms with Gasteiger partial charge in [-0.1, -0.05) is 91.2 Å². The van der Waals surface area contributed by atoms with E-state index in [4.69, 9.17) is 24.4 Å². The summed E-state index contributed by atoms with van der Waals surface area (Å²) in [6, 6.07) is 30.2. The van der Waals surface area contributed by atoms with Crippen molar-refractivity contribution in [3.05, 3.63) is 96.6 Å². The van der Waals surface area contributed by atoms with Crippen molar-refractivity contribution in [1.29, 1.82) is 0 Å². The SMILES string of the molecule is S=C(Nc1ccccc1)C(Cc1ccccc1)C(=S)Nc1ccccc1. The topological polar surface area (TPSA) is 24.1 Å². The first-order valence-electron chi connectivity index (χ1n) is 8.48. The Labute approximate surface area is 165 Å². The first-order valence-corrected chi connectivity index (χ1v) is 9.30. The molecular weight excluding hydrogens is 356 g/mol. The van der Waals surface area contributed by atoms with Gasteiger partial charge in [-0.25, -0.2) is 0 Å². The molecule has 0 aliphatic carbocycles. The Hall–Kier alpha value is -2.56. The molecule has 0 amide bonds. The fraction of sp³-hybridized carbons (Fsp3) is 0.0909. The largest absolute Gasteiger partial charge is 0.349 e. The average molecular weight is 377 g/mol. The van der Waals surface area contributed by atoms with Crippen LogP contribution < -0.4 is 10.6 Å². The minimum Gasteiger partial charge on any atom is -0.349 e. The van der Waals surface area contributed by atoms with Gasteiger partial charge in [-0.2, -0.15) is 0 Å². The molecule has 26 heavy (non-hydrogen) atoms. The number of hydrogen-bond acceptors (Lipinski definition) is 2. The summed E-state index contributed by atoms with van der Waals surface area (Å²) in [5, 5.41) is 6.67. The van der Waals surface area contributed by atoms with Crippen LogP contribution in [0.15, 0.2) is 91.0 Å². The van der Waals surface area contributed by atoms with Crippen molar-refractivity contribution in [2.75, 3.05) is 10.6 Å². The molecule has 3 aromatic rings. The molecule has 2 nitrogen and oxygen atoms in total. The van der Waals surface area contributed by atoms with E-state index < -0.39 is 0 Å². The van der Waals surface area contributed by atoms with Crippen molar-refractivity contribution >= 4 is 45.8 Å². The number of hydrogen-bond donors (Lipinski definition) is 2. The second-order valence-electron chi connectivity index (χ2n) is 5.95. The average Bonchev–Trinajstić information content (AvgIpc) is 2.68. The van der Waals surface area contributed by atoms with Crippen molar-refractivity contribution in [2.45, 2.75) is 6.42 Å². The van der Waals surface area contributed by atoms with Crippen LogP contribution in [0.1, 0.15) is 5.56 Å². The molecule has 0 aromatic heterocycles. The van der Waals surface area contributed by atoms with E-state index in [-0.39, 0.29) is 5.92 Å². The summed E-state index contributed by atoms with van der Waals surface area (Å²) >= 11 is 11.4. The Kier molecular flexibility index (Phi) is 6.47. The van der Waals surface area contributed by atoms with Crippen LogP contribution in [0, 0.1) is 5.92 Å². The first kappa shape index (κ1) is 18.2. The second-order valence-corrected chi connectivity index (χ2v) is 6.83. The van der Waals surface area contributed by atoms with Crippen molar-refractivity contribution in [3.8, 4) is 0 Å². The van der Waals surface area contributed by atoms with Crippen LogP contribution >= 0.6 is 24.4 Å². The summed E-state index contributed by atoms with van der Waals surface area (Å²) in [5.41, 5.74) is 3.14. The Morgan fingerprint density at radius 2 is 1.00 bits per heavy atom. The third-order valence-electron chi connectivity index (χ3n) is 4.00. The summed E-state index contributed by atoms with van der Waals surface area (Å²) < 4.78 is 0. The molecule has 0 saturated carbocycles. The zero-order chi connectivity index (χ0) is 18.2. The van der Waals surface area contributed by atoms with Gasteiger partial charge >= 0.3 is 0 Å². The van der Waals surface area contributed by atoms with Gasteiger partial charge in [0.2, 0.25) is 0 Å². The van der Waals surface area contributed by atoms with E-state index in [2.05, 4.69) is 22.8 Å². The van der Waals surface area contributed by atoms with Crippen molar-refractivity contribution in [1.82, 2.24) is 0 Å². The lowest BCUT2D eigenvalue weighted by molar-refractivity contribution is 0.912. The van der Waals surface area contributed by atoms with E-state index in [0.717, 1.165) is 17.8 Å². The van der Waals surface area contributed by atoms with Crippen LogP contribution in [0.5, 0.6) is 0 Å². The predicted octanol–water partition coefficient (Wildman–Crippen LogP) is 5.72. The maximum Gasteiger partial charge on any atom is 0.0900 e. The Morgan fingerprint density at radius 3 is 1.42 bits per heavy atom. The van der Waals surface area contributed by atoms with Crippen molar-refractivity contribution in [2.24, 2.45) is 5.92 Å². The highest BCUT2D eigenvalue weighted by atomic mass is 32.1. The third-order valence-corrected chi connectivity index (χ3v) is 4.77. The van der Waals surface area contributed by atoms with E-state index in [0.29, 0.717) is 9.98 Å². The third kappa shape index (κ3) is 5.22.